The van der Waals surface area contributed by atoms with Crippen molar-refractivity contribution in [3.63, 3.8) is 0 Å². The van der Waals surface area contributed by atoms with Crippen LogP contribution in [0, 0.1) is 5.82 Å². The molecule has 0 saturated carbocycles. The van der Waals surface area contributed by atoms with E-state index >= 15 is 0 Å². The van der Waals surface area contributed by atoms with E-state index < -0.39 is 22.0 Å². The molecule has 0 aliphatic carbocycles. The Morgan fingerprint density at radius 3 is 2.68 bits per heavy atom. The number of hydrogen-bond donors (Lipinski definition) is 2. The monoisotopic (exact) mass is 547 g/mol. The third-order valence-electron chi connectivity index (χ3n) is 5.35. The van der Waals surface area contributed by atoms with Gasteiger partial charge in [-0.1, -0.05) is 21.8 Å². The molecule has 1 atom stereocenters. The number of aliphatic imine (C=N–C) groups is 1. The minimum Gasteiger partial charge on any atom is -0.462 e. The molecule has 2 N–H and O–H groups in total. The molecule has 196 valence electrons. The van der Waals surface area contributed by atoms with Crippen LogP contribution >= 0.6 is 21.8 Å². The normalized spacial score (nSPS) is 18.9. The Morgan fingerprint density at radius 1 is 1.24 bits per heavy atom. The molecular weight excluding hydrogens is 521 g/mol. The van der Waals surface area contributed by atoms with Gasteiger partial charge in [-0.05, 0) is 37.6 Å². The van der Waals surface area contributed by atoms with Crippen molar-refractivity contribution in [3.05, 3.63) is 70.6 Å². The highest BCUT2D eigenvalue weighted by atomic mass is 35.5. The maximum atomic E-state index is 13.9. The van der Waals surface area contributed by atoms with Gasteiger partial charge in [-0.15, -0.1) is 0 Å². The third-order valence-corrected chi connectivity index (χ3v) is 8.94. The van der Waals surface area contributed by atoms with Crippen LogP contribution in [0.4, 0.5) is 10.1 Å². The van der Waals surface area contributed by atoms with Gasteiger partial charge in [0.25, 0.3) is 0 Å². The summed E-state index contributed by atoms with van der Waals surface area (Å²) in [4.78, 5) is 27.9. The molecule has 0 bridgehead atoms. The summed E-state index contributed by atoms with van der Waals surface area (Å²) < 4.78 is 29.9. The number of ether oxygens (including phenoxy) is 2. The number of anilines is 1. The molecule has 2 aromatic heterocycles. The molecule has 0 amide bonds. The van der Waals surface area contributed by atoms with Crippen LogP contribution in [-0.4, -0.2) is 57.8 Å². The van der Waals surface area contributed by atoms with Crippen LogP contribution in [0.25, 0.3) is 5.70 Å². The molecule has 0 spiro atoms. The van der Waals surface area contributed by atoms with E-state index in [0.717, 1.165) is 0 Å². The van der Waals surface area contributed by atoms with Gasteiger partial charge in [0.05, 0.1) is 16.5 Å². The SMILES string of the molecule is CCOC(=O)C1=C(c2ccn(C)n2)N=C(Nc2ccc(F)c(Cl)c2)S1(NCCCOC)c1cncnc1. The van der Waals surface area contributed by atoms with Gasteiger partial charge >= 0.3 is 5.97 Å². The molecule has 1 unspecified atom stereocenters. The van der Waals surface area contributed by atoms with E-state index in [1.54, 1.807) is 56.5 Å². The maximum absolute atomic E-state index is 13.9. The number of amidine groups is 1. The smallest absolute Gasteiger partial charge is 0.347 e. The van der Waals surface area contributed by atoms with Crippen molar-refractivity contribution in [1.82, 2.24) is 24.5 Å². The second-order valence-corrected chi connectivity index (χ2v) is 11.1. The fraction of sp³-hybridized carbons (Fsp3) is 0.292. The number of nitrogens with zero attached hydrogens (tertiary/aromatic N) is 5. The summed E-state index contributed by atoms with van der Waals surface area (Å²) in [5, 5.41) is 8.13. The van der Waals surface area contributed by atoms with Gasteiger partial charge in [0, 0.05) is 51.6 Å². The number of aromatic nitrogens is 4. The lowest BCUT2D eigenvalue weighted by Crippen LogP contribution is -2.35. The van der Waals surface area contributed by atoms with Crippen molar-refractivity contribution in [3.8, 4) is 0 Å². The van der Waals surface area contributed by atoms with Gasteiger partial charge in [-0.25, -0.2) is 24.1 Å². The van der Waals surface area contributed by atoms with Crippen molar-refractivity contribution in [2.75, 3.05) is 32.2 Å². The largest absolute Gasteiger partial charge is 0.462 e. The van der Waals surface area contributed by atoms with Crippen LogP contribution in [0.1, 0.15) is 19.0 Å². The summed E-state index contributed by atoms with van der Waals surface area (Å²) in [5.41, 5.74) is 1.34. The molecule has 0 fully saturated rings. The third kappa shape index (κ3) is 5.52. The first-order valence-corrected chi connectivity index (χ1v) is 13.5. The summed E-state index contributed by atoms with van der Waals surface area (Å²) in [6.07, 6.45) is 7.11. The van der Waals surface area contributed by atoms with E-state index in [-0.39, 0.29) is 11.6 Å². The number of carbonyl (C=O) groups excluding carboxylic acids is 1. The van der Waals surface area contributed by atoms with Crippen LogP contribution in [0.15, 0.2) is 64.0 Å². The van der Waals surface area contributed by atoms with E-state index in [2.05, 4.69) is 25.1 Å². The standard InChI is InChI=1S/C24H27ClFN7O3S/c1-4-36-23(34)22-21(20-8-10-33(2)32-20)31-24(30-16-6-7-19(26)18(25)12-16)37(22,29-9-5-11-35-3)17-13-27-15-28-14-17/h6-8,10,12-15,29H,4-5,9,11H2,1-3H3,(H,30,31). The summed E-state index contributed by atoms with van der Waals surface area (Å²) in [7, 11) is 0.797. The number of hydrogen-bond acceptors (Lipinski definition) is 9. The van der Waals surface area contributed by atoms with Gasteiger partial charge in [-0.2, -0.15) is 5.10 Å². The highest BCUT2D eigenvalue weighted by Gasteiger charge is 2.48. The Labute approximate surface area is 220 Å². The average Bonchev–Trinajstić information content (AvgIpc) is 3.46. The zero-order valence-electron chi connectivity index (χ0n) is 20.6. The highest BCUT2D eigenvalue weighted by molar-refractivity contribution is 8.47. The van der Waals surface area contributed by atoms with Crippen molar-refractivity contribution < 1.29 is 18.7 Å². The first kappa shape index (κ1) is 26.7. The second kappa shape index (κ2) is 11.8. The van der Waals surface area contributed by atoms with Gasteiger partial charge < -0.3 is 14.8 Å². The summed E-state index contributed by atoms with van der Waals surface area (Å²) in [6.45, 7) is 2.88. The molecule has 1 aromatic carbocycles. The summed E-state index contributed by atoms with van der Waals surface area (Å²) in [5.74, 6) is -1.09. The van der Waals surface area contributed by atoms with E-state index in [0.29, 0.717) is 51.6 Å². The quantitative estimate of drug-likeness (QED) is 0.288. The number of aryl methyl sites for hydroxylation is 1. The molecule has 0 radical (unpaired) electrons. The zero-order valence-corrected chi connectivity index (χ0v) is 22.1. The Kier molecular flexibility index (Phi) is 8.54. The Morgan fingerprint density at radius 2 is 2.03 bits per heavy atom. The minimum absolute atomic E-state index is 0.0520. The number of esters is 1. The van der Waals surface area contributed by atoms with Crippen LogP contribution < -0.4 is 10.0 Å². The topological polar surface area (TPSA) is 116 Å². The maximum Gasteiger partial charge on any atom is 0.347 e. The van der Waals surface area contributed by atoms with Crippen LogP contribution in [0.5, 0.6) is 0 Å². The number of carbonyl (C=O) groups is 1. The van der Waals surface area contributed by atoms with Gasteiger partial charge in [0.1, 0.15) is 28.4 Å². The highest BCUT2D eigenvalue weighted by Crippen LogP contribution is 2.65. The molecule has 3 heterocycles. The molecule has 3 aromatic rings. The lowest BCUT2D eigenvalue weighted by Gasteiger charge is -2.39. The molecular formula is C24H27ClFN7O3S. The zero-order chi connectivity index (χ0) is 26.4. The molecule has 13 heteroatoms. The molecule has 37 heavy (non-hydrogen) atoms. The predicted molar refractivity (Wildman–Crippen MR) is 142 cm³/mol. The Bertz CT molecular complexity index is 1330. The number of methoxy groups -OCH3 is 1. The fourth-order valence-electron chi connectivity index (χ4n) is 3.74. The van der Waals surface area contributed by atoms with Crippen LogP contribution in [-0.2, 0) is 21.3 Å². The van der Waals surface area contributed by atoms with Gasteiger partial charge in [-0.3, -0.25) is 9.40 Å². The average molecular weight is 548 g/mol. The van der Waals surface area contributed by atoms with Gasteiger partial charge in [0.15, 0.2) is 5.17 Å². The Balaban J connectivity index is 1.95. The Hall–Kier alpha value is -3.32. The number of benzene rings is 1. The van der Waals surface area contributed by atoms with Crippen LogP contribution in [0.2, 0.25) is 5.02 Å². The summed E-state index contributed by atoms with van der Waals surface area (Å²) >= 11 is 6.06. The minimum atomic E-state index is -2.61. The van der Waals surface area contributed by atoms with Crippen molar-refractivity contribution >= 4 is 44.3 Å². The predicted octanol–water partition coefficient (Wildman–Crippen LogP) is 4.12. The van der Waals surface area contributed by atoms with E-state index in [1.165, 1.54) is 18.5 Å². The number of nitrogens with one attached hydrogen (secondary N) is 2. The first-order valence-electron chi connectivity index (χ1n) is 11.4. The molecule has 0 saturated heterocycles. The van der Waals surface area contributed by atoms with Crippen molar-refractivity contribution in [1.29, 1.82) is 0 Å². The van der Waals surface area contributed by atoms with E-state index in [9.17, 15) is 9.18 Å². The van der Waals surface area contributed by atoms with E-state index in [1.807, 2.05) is 0 Å². The van der Waals surface area contributed by atoms with Crippen molar-refractivity contribution in [2.24, 2.45) is 12.0 Å². The molecule has 10 nitrogen and oxygen atoms in total. The lowest BCUT2D eigenvalue weighted by atomic mass is 10.3. The molecule has 1 aliphatic rings. The molecule has 4 rings (SSSR count). The van der Waals surface area contributed by atoms with E-state index in [4.69, 9.17) is 26.1 Å². The molecule has 1 aliphatic heterocycles. The van der Waals surface area contributed by atoms with Gasteiger partial charge in [0.2, 0.25) is 0 Å². The fourth-order valence-corrected chi connectivity index (χ4v) is 7.15. The number of rotatable bonds is 10. The summed E-state index contributed by atoms with van der Waals surface area (Å²) in [6, 6.07) is 6.03. The lowest BCUT2D eigenvalue weighted by molar-refractivity contribution is -0.137. The first-order chi connectivity index (χ1) is 17.9. The van der Waals surface area contributed by atoms with Crippen LogP contribution in [0.3, 0.4) is 0 Å². The number of halogens is 2. The second-order valence-electron chi connectivity index (χ2n) is 7.87. The van der Waals surface area contributed by atoms with Crippen molar-refractivity contribution in [2.45, 2.75) is 18.2 Å².